The normalized spacial score (nSPS) is 39.5. The van der Waals surface area contributed by atoms with Crippen molar-refractivity contribution in [1.82, 2.24) is 9.80 Å². The van der Waals surface area contributed by atoms with E-state index in [9.17, 15) is 0 Å². The number of hydrogen-bond donors (Lipinski definition) is 0. The average molecular weight is 168 g/mol. The van der Waals surface area contributed by atoms with Crippen LogP contribution in [0.2, 0.25) is 0 Å². The number of piperidine rings is 1. The van der Waals surface area contributed by atoms with Gasteiger partial charge in [-0.3, -0.25) is 4.90 Å². The van der Waals surface area contributed by atoms with Crippen molar-refractivity contribution in [3.05, 3.63) is 0 Å². The SMILES string of the molecule is C[C@H]1CCC2CN(C)CCN2C1. The first-order valence-electron chi connectivity index (χ1n) is 5.18. The fraction of sp³-hybridized carbons (Fsp3) is 1.00. The lowest BCUT2D eigenvalue weighted by molar-refractivity contribution is 0.0424. The van der Waals surface area contributed by atoms with E-state index >= 15 is 0 Å². The fourth-order valence-electron chi connectivity index (χ4n) is 2.53. The summed E-state index contributed by atoms with van der Waals surface area (Å²) in [7, 11) is 2.25. The number of nitrogens with zero attached hydrogens (tertiary/aromatic N) is 2. The van der Waals surface area contributed by atoms with Crippen molar-refractivity contribution >= 4 is 0 Å². The van der Waals surface area contributed by atoms with Crippen LogP contribution < -0.4 is 0 Å². The number of hydrogen-bond acceptors (Lipinski definition) is 2. The number of fused-ring (bicyclic) bond motifs is 1. The summed E-state index contributed by atoms with van der Waals surface area (Å²) in [6.07, 6.45) is 2.86. The standard InChI is InChI=1S/C10H20N2/c1-9-3-4-10-8-11(2)5-6-12(10)7-9/h9-10H,3-8H2,1-2H3/t9-,10?/m0/s1. The molecule has 0 aromatic rings. The molecule has 12 heavy (non-hydrogen) atoms. The van der Waals surface area contributed by atoms with E-state index in [1.807, 2.05) is 0 Å². The van der Waals surface area contributed by atoms with Crippen LogP contribution in [0.5, 0.6) is 0 Å². The molecule has 0 saturated carbocycles. The van der Waals surface area contributed by atoms with Crippen molar-refractivity contribution in [3.63, 3.8) is 0 Å². The molecule has 2 heteroatoms. The van der Waals surface area contributed by atoms with Crippen LogP contribution in [0.4, 0.5) is 0 Å². The average Bonchev–Trinajstić information content (AvgIpc) is 2.05. The molecular weight excluding hydrogens is 148 g/mol. The molecule has 1 unspecified atom stereocenters. The molecule has 2 saturated heterocycles. The molecule has 0 N–H and O–H groups in total. The Morgan fingerprint density at radius 2 is 1.92 bits per heavy atom. The quantitative estimate of drug-likeness (QED) is 0.533. The topological polar surface area (TPSA) is 6.48 Å². The molecule has 0 spiro atoms. The fourth-order valence-corrected chi connectivity index (χ4v) is 2.53. The summed E-state index contributed by atoms with van der Waals surface area (Å²) in [5, 5.41) is 0. The highest BCUT2D eigenvalue weighted by atomic mass is 15.3. The molecule has 0 aliphatic carbocycles. The molecule has 2 heterocycles. The Bertz CT molecular complexity index is 140. The molecule has 2 nitrogen and oxygen atoms in total. The van der Waals surface area contributed by atoms with Crippen LogP contribution in [0.1, 0.15) is 19.8 Å². The van der Waals surface area contributed by atoms with E-state index in [2.05, 4.69) is 23.8 Å². The molecule has 2 aliphatic heterocycles. The molecule has 0 bridgehead atoms. The van der Waals surface area contributed by atoms with E-state index in [4.69, 9.17) is 0 Å². The molecule has 2 rings (SSSR count). The van der Waals surface area contributed by atoms with Crippen LogP contribution in [0.15, 0.2) is 0 Å². The van der Waals surface area contributed by atoms with Gasteiger partial charge in [0.25, 0.3) is 0 Å². The Morgan fingerprint density at radius 3 is 2.75 bits per heavy atom. The van der Waals surface area contributed by atoms with Crippen molar-refractivity contribution in [2.75, 3.05) is 33.2 Å². The Balaban J connectivity index is 1.94. The zero-order chi connectivity index (χ0) is 8.55. The van der Waals surface area contributed by atoms with Gasteiger partial charge in [-0.15, -0.1) is 0 Å². The Morgan fingerprint density at radius 1 is 1.08 bits per heavy atom. The lowest BCUT2D eigenvalue weighted by Gasteiger charge is -2.44. The van der Waals surface area contributed by atoms with Crippen LogP contribution in [0.3, 0.4) is 0 Å². The monoisotopic (exact) mass is 168 g/mol. The number of piperazine rings is 1. The van der Waals surface area contributed by atoms with Gasteiger partial charge in [0.1, 0.15) is 0 Å². The maximum Gasteiger partial charge on any atom is 0.0223 e. The Hall–Kier alpha value is -0.0800. The summed E-state index contributed by atoms with van der Waals surface area (Å²) >= 11 is 0. The first-order chi connectivity index (χ1) is 5.75. The number of rotatable bonds is 0. The summed E-state index contributed by atoms with van der Waals surface area (Å²) in [5.74, 6) is 0.935. The minimum atomic E-state index is 0.875. The molecule has 0 radical (unpaired) electrons. The lowest BCUT2D eigenvalue weighted by Crippen LogP contribution is -2.55. The third kappa shape index (κ3) is 1.64. The second kappa shape index (κ2) is 3.35. The zero-order valence-electron chi connectivity index (χ0n) is 8.29. The smallest absolute Gasteiger partial charge is 0.0223 e. The molecule has 70 valence electrons. The second-order valence-corrected chi connectivity index (χ2v) is 4.59. The van der Waals surface area contributed by atoms with E-state index in [-0.39, 0.29) is 0 Å². The highest BCUT2D eigenvalue weighted by molar-refractivity contribution is 4.85. The van der Waals surface area contributed by atoms with Crippen LogP contribution in [-0.2, 0) is 0 Å². The van der Waals surface area contributed by atoms with Crippen molar-refractivity contribution < 1.29 is 0 Å². The molecule has 2 aliphatic rings. The first-order valence-corrected chi connectivity index (χ1v) is 5.18. The highest BCUT2D eigenvalue weighted by Crippen LogP contribution is 2.23. The van der Waals surface area contributed by atoms with Crippen molar-refractivity contribution in [2.24, 2.45) is 5.92 Å². The van der Waals surface area contributed by atoms with Gasteiger partial charge in [-0.25, -0.2) is 0 Å². The molecular formula is C10H20N2. The minimum Gasteiger partial charge on any atom is -0.304 e. The third-order valence-electron chi connectivity index (χ3n) is 3.35. The van der Waals surface area contributed by atoms with Crippen molar-refractivity contribution in [1.29, 1.82) is 0 Å². The summed E-state index contributed by atoms with van der Waals surface area (Å²) < 4.78 is 0. The summed E-state index contributed by atoms with van der Waals surface area (Å²) in [6, 6.07) is 0.875. The van der Waals surface area contributed by atoms with E-state index < -0.39 is 0 Å². The van der Waals surface area contributed by atoms with Gasteiger partial charge in [-0.05, 0) is 25.8 Å². The summed E-state index contributed by atoms with van der Waals surface area (Å²) in [5.41, 5.74) is 0. The van der Waals surface area contributed by atoms with Gasteiger partial charge < -0.3 is 4.90 Å². The van der Waals surface area contributed by atoms with E-state index in [1.54, 1.807) is 0 Å². The van der Waals surface area contributed by atoms with Gasteiger partial charge in [0.2, 0.25) is 0 Å². The van der Waals surface area contributed by atoms with E-state index in [0.29, 0.717) is 0 Å². The van der Waals surface area contributed by atoms with Crippen LogP contribution in [0, 0.1) is 5.92 Å². The van der Waals surface area contributed by atoms with Crippen LogP contribution in [0.25, 0.3) is 0 Å². The maximum atomic E-state index is 2.69. The second-order valence-electron chi connectivity index (χ2n) is 4.59. The lowest BCUT2D eigenvalue weighted by atomic mass is 9.93. The predicted octanol–water partition coefficient (Wildman–Crippen LogP) is 1.03. The molecule has 2 fully saturated rings. The van der Waals surface area contributed by atoms with Gasteiger partial charge in [0.15, 0.2) is 0 Å². The minimum absolute atomic E-state index is 0.875. The van der Waals surface area contributed by atoms with Gasteiger partial charge >= 0.3 is 0 Å². The third-order valence-corrected chi connectivity index (χ3v) is 3.35. The first kappa shape index (κ1) is 8.52. The van der Waals surface area contributed by atoms with Gasteiger partial charge in [0, 0.05) is 32.2 Å². The van der Waals surface area contributed by atoms with Gasteiger partial charge in [-0.2, -0.15) is 0 Å². The molecule has 2 atom stereocenters. The zero-order valence-corrected chi connectivity index (χ0v) is 8.29. The van der Waals surface area contributed by atoms with Crippen LogP contribution in [-0.4, -0.2) is 49.1 Å². The predicted molar refractivity (Wildman–Crippen MR) is 51.3 cm³/mol. The molecule has 0 aromatic carbocycles. The van der Waals surface area contributed by atoms with Crippen molar-refractivity contribution in [3.8, 4) is 0 Å². The Labute approximate surface area is 75.5 Å². The largest absolute Gasteiger partial charge is 0.304 e. The van der Waals surface area contributed by atoms with Crippen LogP contribution >= 0.6 is 0 Å². The van der Waals surface area contributed by atoms with E-state index in [0.717, 1.165) is 12.0 Å². The van der Waals surface area contributed by atoms with Crippen molar-refractivity contribution in [2.45, 2.75) is 25.8 Å². The van der Waals surface area contributed by atoms with Gasteiger partial charge in [-0.1, -0.05) is 6.92 Å². The Kier molecular flexibility index (Phi) is 2.37. The summed E-state index contributed by atoms with van der Waals surface area (Å²) in [4.78, 5) is 5.16. The highest BCUT2D eigenvalue weighted by Gasteiger charge is 2.29. The molecule has 0 amide bonds. The van der Waals surface area contributed by atoms with E-state index in [1.165, 1.54) is 39.0 Å². The summed E-state index contributed by atoms with van der Waals surface area (Å²) in [6.45, 7) is 7.59. The number of likely N-dealkylation sites (N-methyl/N-ethyl adjacent to an activating group) is 1. The van der Waals surface area contributed by atoms with Gasteiger partial charge in [0.05, 0.1) is 0 Å². The maximum absolute atomic E-state index is 2.69. The molecule has 0 aromatic heterocycles.